The number of thiophene rings is 1. The number of amides is 3. The van der Waals surface area contributed by atoms with Gasteiger partial charge in [0.2, 0.25) is 5.91 Å². The molecule has 0 aliphatic carbocycles. The Balaban J connectivity index is 1.47. The van der Waals surface area contributed by atoms with E-state index in [1.54, 1.807) is 67.6 Å². The Bertz CT molecular complexity index is 1630. The fourth-order valence-electron chi connectivity index (χ4n) is 3.80. The van der Waals surface area contributed by atoms with Crippen LogP contribution in [0.1, 0.15) is 34.1 Å². The SMILES string of the molecule is CCC(Sc1cccc(NC(=O)/C(=C/c2cccs2)NC(=O)c2ccccc2)c1)C(=O)Nc1cc(C(F)(F)F)ccc1Cl. The summed E-state index contributed by atoms with van der Waals surface area (Å²) < 4.78 is 39.4. The third-order valence-corrected chi connectivity index (χ3v) is 8.45. The normalized spacial score (nSPS) is 12.3. The van der Waals surface area contributed by atoms with Crippen LogP contribution in [0.2, 0.25) is 5.02 Å². The monoisotopic (exact) mass is 643 g/mol. The zero-order valence-corrected chi connectivity index (χ0v) is 25.0. The second-order valence-electron chi connectivity index (χ2n) is 9.07. The van der Waals surface area contributed by atoms with E-state index in [1.807, 2.05) is 17.5 Å². The van der Waals surface area contributed by atoms with Crippen molar-refractivity contribution >= 4 is 69.9 Å². The van der Waals surface area contributed by atoms with Gasteiger partial charge in [-0.3, -0.25) is 14.4 Å². The number of halogens is 4. The maximum Gasteiger partial charge on any atom is 0.416 e. The number of anilines is 2. The Morgan fingerprint density at radius 2 is 1.72 bits per heavy atom. The molecule has 0 radical (unpaired) electrons. The molecule has 0 aliphatic rings. The molecule has 4 rings (SSSR count). The highest BCUT2D eigenvalue weighted by atomic mass is 35.5. The Morgan fingerprint density at radius 3 is 2.40 bits per heavy atom. The molecular weight excluding hydrogens is 619 g/mol. The van der Waals surface area contributed by atoms with Gasteiger partial charge in [-0.15, -0.1) is 23.1 Å². The minimum atomic E-state index is -4.59. The first kappa shape index (κ1) is 31.9. The van der Waals surface area contributed by atoms with Crippen LogP contribution in [0.4, 0.5) is 24.5 Å². The molecule has 1 aromatic heterocycles. The Labute approximate surface area is 259 Å². The van der Waals surface area contributed by atoms with Crippen molar-refractivity contribution in [3.63, 3.8) is 0 Å². The second kappa shape index (κ2) is 14.4. The van der Waals surface area contributed by atoms with Gasteiger partial charge in [0.1, 0.15) is 5.70 Å². The molecule has 3 amide bonds. The fourth-order valence-corrected chi connectivity index (χ4v) is 5.64. The van der Waals surface area contributed by atoms with Gasteiger partial charge in [-0.05, 0) is 72.5 Å². The standard InChI is InChI=1S/C31H25ClF3N3O3S2/c1-2-27(30(41)37-25-16-20(31(33,34)35)13-14-24(25)32)43-23-11-6-10-21(17-23)36-29(40)26(18-22-12-7-15-42-22)38-28(39)19-8-4-3-5-9-19/h3-18,27H,2H2,1H3,(H,36,40)(H,37,41)(H,38,39)/b26-18-. The summed E-state index contributed by atoms with van der Waals surface area (Å²) in [6, 6.07) is 21.6. The van der Waals surface area contributed by atoms with Gasteiger partial charge in [0.25, 0.3) is 11.8 Å². The van der Waals surface area contributed by atoms with Crippen LogP contribution in [0.25, 0.3) is 6.08 Å². The first-order valence-electron chi connectivity index (χ1n) is 12.9. The zero-order chi connectivity index (χ0) is 31.0. The minimum absolute atomic E-state index is 0.0170. The average Bonchev–Trinajstić information content (AvgIpc) is 3.50. The van der Waals surface area contributed by atoms with Gasteiger partial charge in [0, 0.05) is 21.0 Å². The van der Waals surface area contributed by atoms with E-state index in [9.17, 15) is 27.6 Å². The highest BCUT2D eigenvalue weighted by Gasteiger charge is 2.31. The van der Waals surface area contributed by atoms with E-state index < -0.39 is 34.7 Å². The third-order valence-electron chi connectivity index (χ3n) is 5.94. The van der Waals surface area contributed by atoms with Gasteiger partial charge in [0.05, 0.1) is 21.5 Å². The van der Waals surface area contributed by atoms with E-state index in [-0.39, 0.29) is 16.4 Å². The summed E-state index contributed by atoms with van der Waals surface area (Å²) in [4.78, 5) is 40.5. The van der Waals surface area contributed by atoms with Gasteiger partial charge < -0.3 is 16.0 Å². The summed E-state index contributed by atoms with van der Waals surface area (Å²) in [5.74, 6) is -1.52. The van der Waals surface area contributed by atoms with Crippen LogP contribution in [0.15, 0.2) is 101 Å². The molecular formula is C31H25ClF3N3O3S2. The minimum Gasteiger partial charge on any atom is -0.324 e. The molecule has 12 heteroatoms. The predicted octanol–water partition coefficient (Wildman–Crippen LogP) is 8.34. The van der Waals surface area contributed by atoms with Crippen molar-refractivity contribution < 1.29 is 27.6 Å². The van der Waals surface area contributed by atoms with Crippen LogP contribution in [-0.4, -0.2) is 23.0 Å². The number of thioether (sulfide) groups is 1. The maximum atomic E-state index is 13.3. The molecule has 0 aliphatic heterocycles. The van der Waals surface area contributed by atoms with Crippen molar-refractivity contribution in [2.45, 2.75) is 29.7 Å². The van der Waals surface area contributed by atoms with E-state index >= 15 is 0 Å². The molecule has 43 heavy (non-hydrogen) atoms. The van der Waals surface area contributed by atoms with Crippen LogP contribution in [0.5, 0.6) is 0 Å². The Hall–Kier alpha value is -4.06. The van der Waals surface area contributed by atoms with Gasteiger partial charge in [-0.2, -0.15) is 13.2 Å². The summed E-state index contributed by atoms with van der Waals surface area (Å²) in [5.41, 5.74) is -0.218. The average molecular weight is 644 g/mol. The maximum absolute atomic E-state index is 13.3. The second-order valence-corrected chi connectivity index (χ2v) is 11.7. The predicted molar refractivity (Wildman–Crippen MR) is 166 cm³/mol. The lowest BCUT2D eigenvalue weighted by molar-refractivity contribution is -0.137. The highest BCUT2D eigenvalue weighted by molar-refractivity contribution is 8.00. The van der Waals surface area contributed by atoms with Crippen molar-refractivity contribution in [3.8, 4) is 0 Å². The van der Waals surface area contributed by atoms with E-state index in [0.717, 1.165) is 23.1 Å². The number of carbonyl (C=O) groups is 3. The van der Waals surface area contributed by atoms with Crippen molar-refractivity contribution in [3.05, 3.63) is 117 Å². The molecule has 222 valence electrons. The molecule has 1 atom stereocenters. The van der Waals surface area contributed by atoms with Gasteiger partial charge in [-0.1, -0.05) is 48.9 Å². The third kappa shape index (κ3) is 8.96. The van der Waals surface area contributed by atoms with Crippen LogP contribution in [0.3, 0.4) is 0 Å². The van der Waals surface area contributed by atoms with Crippen LogP contribution < -0.4 is 16.0 Å². The lowest BCUT2D eigenvalue weighted by atomic mass is 10.2. The number of benzene rings is 3. The van der Waals surface area contributed by atoms with E-state index in [1.165, 1.54) is 23.1 Å². The molecule has 0 bridgehead atoms. The molecule has 0 spiro atoms. The number of rotatable bonds is 10. The zero-order valence-electron chi connectivity index (χ0n) is 22.6. The summed E-state index contributed by atoms with van der Waals surface area (Å²) in [6.45, 7) is 1.77. The molecule has 3 aromatic carbocycles. The van der Waals surface area contributed by atoms with Gasteiger partial charge in [-0.25, -0.2) is 0 Å². The summed E-state index contributed by atoms with van der Waals surface area (Å²) in [6.07, 6.45) is -2.64. The number of nitrogens with one attached hydrogen (secondary N) is 3. The fraction of sp³-hybridized carbons (Fsp3) is 0.129. The van der Waals surface area contributed by atoms with E-state index in [0.29, 0.717) is 22.6 Å². The number of alkyl halides is 3. The molecule has 0 saturated heterocycles. The first-order valence-corrected chi connectivity index (χ1v) is 15.0. The number of hydrogen-bond donors (Lipinski definition) is 3. The quantitative estimate of drug-likeness (QED) is 0.120. The molecule has 3 N–H and O–H groups in total. The van der Waals surface area contributed by atoms with Gasteiger partial charge >= 0.3 is 6.18 Å². The Kier molecular flexibility index (Phi) is 10.7. The summed E-state index contributed by atoms with van der Waals surface area (Å²) in [5, 5.41) is 9.13. The van der Waals surface area contributed by atoms with Crippen molar-refractivity contribution in [1.29, 1.82) is 0 Å². The summed E-state index contributed by atoms with van der Waals surface area (Å²) >= 11 is 8.63. The van der Waals surface area contributed by atoms with Crippen LogP contribution in [0, 0.1) is 0 Å². The Morgan fingerprint density at radius 1 is 0.953 bits per heavy atom. The topological polar surface area (TPSA) is 87.3 Å². The van der Waals surface area contributed by atoms with E-state index in [4.69, 9.17) is 11.6 Å². The lowest BCUT2D eigenvalue weighted by Crippen LogP contribution is -2.30. The molecule has 0 saturated carbocycles. The molecule has 1 unspecified atom stereocenters. The van der Waals surface area contributed by atoms with Crippen molar-refractivity contribution in [2.75, 3.05) is 10.6 Å². The number of carbonyl (C=O) groups excluding carboxylic acids is 3. The molecule has 4 aromatic rings. The summed E-state index contributed by atoms with van der Waals surface area (Å²) in [7, 11) is 0. The molecule has 0 fully saturated rings. The van der Waals surface area contributed by atoms with Crippen molar-refractivity contribution in [2.24, 2.45) is 0 Å². The lowest BCUT2D eigenvalue weighted by Gasteiger charge is -2.17. The number of hydrogen-bond acceptors (Lipinski definition) is 5. The molecule has 1 heterocycles. The first-order chi connectivity index (χ1) is 20.5. The highest BCUT2D eigenvalue weighted by Crippen LogP contribution is 2.35. The molecule has 6 nitrogen and oxygen atoms in total. The van der Waals surface area contributed by atoms with Gasteiger partial charge in [0.15, 0.2) is 0 Å². The van der Waals surface area contributed by atoms with Crippen LogP contribution in [-0.2, 0) is 15.8 Å². The van der Waals surface area contributed by atoms with Crippen LogP contribution >= 0.6 is 34.7 Å². The largest absolute Gasteiger partial charge is 0.416 e. The van der Waals surface area contributed by atoms with Crippen molar-refractivity contribution in [1.82, 2.24) is 5.32 Å². The van der Waals surface area contributed by atoms with E-state index in [2.05, 4.69) is 16.0 Å². The smallest absolute Gasteiger partial charge is 0.324 e.